The largest absolute Gasteiger partial charge is 1.00 e. The third kappa shape index (κ3) is 26.2. The average molecular weight is 625 g/mol. The van der Waals surface area contributed by atoms with Gasteiger partial charge in [0.2, 0.25) is 10.4 Å². The van der Waals surface area contributed by atoms with Crippen LogP contribution in [0.4, 0.5) is 0 Å². The predicted molar refractivity (Wildman–Crippen MR) is 163 cm³/mol. The molecule has 8 nitrogen and oxygen atoms in total. The zero-order valence-corrected chi connectivity index (χ0v) is 29.7. The van der Waals surface area contributed by atoms with Crippen molar-refractivity contribution < 1.29 is 65.7 Å². The summed E-state index contributed by atoms with van der Waals surface area (Å²) in [5.41, 5.74) is 2.74. The van der Waals surface area contributed by atoms with Crippen LogP contribution in [-0.2, 0) is 41.6 Å². The van der Waals surface area contributed by atoms with Crippen LogP contribution in [-0.4, -0.2) is 65.8 Å². The zero-order valence-electron chi connectivity index (χ0n) is 26.9. The van der Waals surface area contributed by atoms with Crippen LogP contribution in [0.25, 0.3) is 0 Å². The molecule has 0 atom stereocenters. The number of benzene rings is 1. The maximum Gasteiger partial charge on any atom is 1.00 e. The first-order valence-corrected chi connectivity index (χ1v) is 17.4. The maximum absolute atomic E-state index is 10.3. The average Bonchev–Trinajstić information content (AvgIpc) is 2.94. The van der Waals surface area contributed by atoms with Gasteiger partial charge in [-0.3, -0.25) is 4.18 Å². The van der Waals surface area contributed by atoms with E-state index in [0.29, 0.717) is 33.0 Å². The molecule has 0 unspecified atom stereocenters. The van der Waals surface area contributed by atoms with Gasteiger partial charge in [0.05, 0.1) is 46.2 Å². The molecule has 10 heteroatoms. The van der Waals surface area contributed by atoms with Gasteiger partial charge in [-0.25, -0.2) is 8.42 Å². The van der Waals surface area contributed by atoms with Gasteiger partial charge in [-0.2, -0.15) is 0 Å². The van der Waals surface area contributed by atoms with Gasteiger partial charge in [-0.05, 0) is 42.9 Å². The summed E-state index contributed by atoms with van der Waals surface area (Å²) < 4.78 is 57.3. The van der Waals surface area contributed by atoms with E-state index in [-0.39, 0.29) is 49.4 Å². The number of unbranched alkanes of at least 4 members (excludes halogenated alkanes) is 12. The van der Waals surface area contributed by atoms with Crippen molar-refractivity contribution in [3.05, 3.63) is 29.3 Å². The zero-order chi connectivity index (χ0) is 29.9. The maximum atomic E-state index is 10.3. The number of hydrogen-bond donors (Lipinski definition) is 0. The van der Waals surface area contributed by atoms with Crippen molar-refractivity contribution in [2.24, 2.45) is 0 Å². The summed E-state index contributed by atoms with van der Waals surface area (Å²) >= 11 is 0. The molecule has 240 valence electrons. The van der Waals surface area contributed by atoms with Gasteiger partial charge in [0.25, 0.3) is 0 Å². The Kier molecular flexibility index (Phi) is 29.3. The minimum absolute atomic E-state index is 0. The van der Waals surface area contributed by atoms with Gasteiger partial charge in [-0.15, -0.1) is 0 Å². The van der Waals surface area contributed by atoms with Crippen molar-refractivity contribution in [3.8, 4) is 5.75 Å². The summed E-state index contributed by atoms with van der Waals surface area (Å²) in [6.07, 6.45) is 20.6. The van der Waals surface area contributed by atoms with Gasteiger partial charge in [0.1, 0.15) is 12.4 Å². The first-order chi connectivity index (χ1) is 20.0. The molecule has 0 aliphatic carbocycles. The van der Waals surface area contributed by atoms with Crippen molar-refractivity contribution in [1.82, 2.24) is 0 Å². The second-order valence-electron chi connectivity index (χ2n) is 10.6. The molecule has 42 heavy (non-hydrogen) atoms. The number of aryl methyl sites for hydroxylation is 2. The molecule has 0 heterocycles. The van der Waals surface area contributed by atoms with E-state index >= 15 is 0 Å². The van der Waals surface area contributed by atoms with Crippen LogP contribution in [0.5, 0.6) is 5.75 Å². The molecule has 0 saturated carbocycles. The van der Waals surface area contributed by atoms with E-state index in [2.05, 4.69) is 36.2 Å². The summed E-state index contributed by atoms with van der Waals surface area (Å²) in [5.74, 6) is 0.977. The molecule has 0 aliphatic rings. The quantitative estimate of drug-likeness (QED) is 0.0544. The van der Waals surface area contributed by atoms with E-state index in [0.717, 1.165) is 18.6 Å². The fourth-order valence-corrected chi connectivity index (χ4v) is 4.90. The SMILES string of the molecule is CCCCCCCCCc1ccc(OCCOCCOCCOCCOS(=O)(=O)[O-])c(CCCCCCCCC)c1.[Na+]. The smallest absolute Gasteiger partial charge is 0.726 e. The normalized spacial score (nSPS) is 11.5. The summed E-state index contributed by atoms with van der Waals surface area (Å²) in [7, 11) is -4.66. The van der Waals surface area contributed by atoms with Crippen molar-refractivity contribution in [1.29, 1.82) is 0 Å². The number of hydrogen-bond acceptors (Lipinski definition) is 8. The minimum atomic E-state index is -4.66. The number of rotatable bonds is 30. The van der Waals surface area contributed by atoms with Crippen molar-refractivity contribution in [3.63, 3.8) is 0 Å². The van der Waals surface area contributed by atoms with Crippen LogP contribution in [0.2, 0.25) is 0 Å². The second-order valence-corrected chi connectivity index (χ2v) is 11.7. The fraction of sp³-hybridized carbons (Fsp3) is 0.812. The van der Waals surface area contributed by atoms with Crippen LogP contribution in [0.15, 0.2) is 18.2 Å². The van der Waals surface area contributed by atoms with Crippen molar-refractivity contribution in [2.75, 3.05) is 52.9 Å². The molecule has 0 saturated heterocycles. The van der Waals surface area contributed by atoms with Gasteiger partial charge >= 0.3 is 29.6 Å². The standard InChI is InChI=1S/C32H58O8S.Na/c1-3-5-7-9-11-13-15-17-30-19-20-32(31(29-30)18-16-14-12-10-8-6-4-2)39-27-25-37-23-21-36-22-24-38-26-28-40-41(33,34)35;/h19-20,29H,3-18,21-28H2,1-2H3,(H,33,34,35);/q;+1/p-1. The molecule has 0 aromatic heterocycles. The van der Waals surface area contributed by atoms with E-state index in [1.807, 2.05) is 0 Å². The Bertz CT molecular complexity index is 838. The molecule has 0 radical (unpaired) electrons. The second kappa shape index (κ2) is 29.5. The van der Waals surface area contributed by atoms with E-state index < -0.39 is 10.4 Å². The van der Waals surface area contributed by atoms with Gasteiger partial charge in [-0.1, -0.05) is 103 Å². The van der Waals surface area contributed by atoms with Crippen LogP contribution in [0.1, 0.15) is 115 Å². The first kappa shape index (κ1) is 41.8. The summed E-state index contributed by atoms with van der Waals surface area (Å²) in [6, 6.07) is 6.74. The van der Waals surface area contributed by atoms with E-state index in [1.165, 1.54) is 101 Å². The molecule has 0 aliphatic heterocycles. The van der Waals surface area contributed by atoms with Crippen LogP contribution in [0, 0.1) is 0 Å². The molecular formula is C32H57NaO8S. The molecule has 1 aromatic carbocycles. The molecule has 0 fully saturated rings. The Morgan fingerprint density at radius 3 is 1.57 bits per heavy atom. The predicted octanol–water partition coefficient (Wildman–Crippen LogP) is 4.18. The minimum Gasteiger partial charge on any atom is -0.726 e. The Morgan fingerprint density at radius 1 is 0.595 bits per heavy atom. The van der Waals surface area contributed by atoms with Gasteiger partial charge in [0.15, 0.2) is 0 Å². The molecular weight excluding hydrogens is 567 g/mol. The molecule has 0 amide bonds. The monoisotopic (exact) mass is 624 g/mol. The third-order valence-corrected chi connectivity index (χ3v) is 7.38. The molecule has 1 aromatic rings. The van der Waals surface area contributed by atoms with Gasteiger partial charge < -0.3 is 23.5 Å². The summed E-state index contributed by atoms with van der Waals surface area (Å²) in [6.45, 7) is 6.71. The Morgan fingerprint density at radius 2 is 1.05 bits per heavy atom. The van der Waals surface area contributed by atoms with Crippen molar-refractivity contribution in [2.45, 2.75) is 117 Å². The Labute approximate surface area is 279 Å². The fourth-order valence-electron chi connectivity index (χ4n) is 4.63. The van der Waals surface area contributed by atoms with Crippen LogP contribution < -0.4 is 34.3 Å². The molecule has 0 bridgehead atoms. The third-order valence-electron chi connectivity index (χ3n) is 6.93. The van der Waals surface area contributed by atoms with Crippen molar-refractivity contribution >= 4 is 10.4 Å². The van der Waals surface area contributed by atoms with Gasteiger partial charge in [0, 0.05) is 0 Å². The topological polar surface area (TPSA) is 103 Å². The molecule has 0 N–H and O–H groups in total. The summed E-state index contributed by atoms with van der Waals surface area (Å²) in [4.78, 5) is 0. The van der Waals surface area contributed by atoms with E-state index in [1.54, 1.807) is 0 Å². The molecule has 1 rings (SSSR count). The van der Waals surface area contributed by atoms with Crippen LogP contribution in [0.3, 0.4) is 0 Å². The Hall–Kier alpha value is -0.230. The first-order valence-electron chi connectivity index (χ1n) is 16.0. The summed E-state index contributed by atoms with van der Waals surface area (Å²) in [5, 5.41) is 0. The van der Waals surface area contributed by atoms with Crippen LogP contribution >= 0.6 is 0 Å². The van der Waals surface area contributed by atoms with E-state index in [9.17, 15) is 13.0 Å². The van der Waals surface area contributed by atoms with E-state index in [4.69, 9.17) is 18.9 Å². The number of ether oxygens (including phenoxy) is 4. The molecule has 0 spiro atoms. The Balaban J connectivity index is 0.0000168.